The van der Waals surface area contributed by atoms with E-state index in [1.807, 2.05) is 6.07 Å². The summed E-state index contributed by atoms with van der Waals surface area (Å²) in [6, 6.07) is 3.73. The van der Waals surface area contributed by atoms with Gasteiger partial charge in [0.2, 0.25) is 0 Å². The number of benzene rings is 1. The van der Waals surface area contributed by atoms with Crippen LogP contribution in [0, 0.1) is 6.92 Å². The van der Waals surface area contributed by atoms with Gasteiger partial charge in [-0.3, -0.25) is 0 Å². The maximum Gasteiger partial charge on any atom is 0.335 e. The first-order valence-corrected chi connectivity index (χ1v) is 7.96. The van der Waals surface area contributed by atoms with Gasteiger partial charge in [0.05, 0.1) is 5.56 Å². The number of carboxylic acid groups (broad SMARTS) is 1. The van der Waals surface area contributed by atoms with Gasteiger partial charge >= 0.3 is 5.97 Å². The molecule has 0 aliphatic carbocycles. The molecule has 0 aromatic heterocycles. The van der Waals surface area contributed by atoms with E-state index in [2.05, 4.69) is 20.8 Å². The molecule has 0 atom stereocenters. The Morgan fingerprint density at radius 2 is 1.65 bits per heavy atom. The van der Waals surface area contributed by atoms with Crippen LogP contribution in [0.25, 0.3) is 0 Å². The van der Waals surface area contributed by atoms with Crippen LogP contribution in [-0.4, -0.2) is 11.1 Å². The molecule has 0 saturated carbocycles. The fraction of sp³-hybridized carbons (Fsp3) is 0.611. The third-order valence-electron chi connectivity index (χ3n) is 3.93. The number of hydrogen-bond acceptors (Lipinski definition) is 1. The van der Waals surface area contributed by atoms with Gasteiger partial charge in [0.15, 0.2) is 0 Å². The van der Waals surface area contributed by atoms with Gasteiger partial charge in [0.1, 0.15) is 0 Å². The number of aryl methyl sites for hydroxylation is 1. The molecule has 0 radical (unpaired) electrons. The van der Waals surface area contributed by atoms with Crippen LogP contribution in [0.4, 0.5) is 0 Å². The van der Waals surface area contributed by atoms with Crippen molar-refractivity contribution >= 4 is 5.97 Å². The van der Waals surface area contributed by atoms with Gasteiger partial charge in [0.25, 0.3) is 0 Å². The minimum Gasteiger partial charge on any atom is -0.478 e. The predicted molar refractivity (Wildman–Crippen MR) is 84.6 cm³/mol. The van der Waals surface area contributed by atoms with Crippen molar-refractivity contribution < 1.29 is 9.90 Å². The smallest absolute Gasteiger partial charge is 0.335 e. The fourth-order valence-corrected chi connectivity index (χ4v) is 2.80. The van der Waals surface area contributed by atoms with Gasteiger partial charge < -0.3 is 5.11 Å². The van der Waals surface area contributed by atoms with Crippen LogP contribution >= 0.6 is 0 Å². The second-order valence-electron chi connectivity index (χ2n) is 5.61. The standard InChI is InChI=1S/C18H28O2/c1-4-6-7-8-9-11-15-14(3)12-13-17(18(19)20)16(15)10-5-2/h12-13H,4-11H2,1-3H3,(H,19,20). The fourth-order valence-electron chi connectivity index (χ4n) is 2.80. The number of rotatable bonds is 9. The van der Waals surface area contributed by atoms with E-state index in [1.54, 1.807) is 6.07 Å². The van der Waals surface area contributed by atoms with Gasteiger partial charge in [-0.2, -0.15) is 0 Å². The first kappa shape index (κ1) is 16.7. The number of aromatic carboxylic acids is 1. The molecule has 1 rings (SSSR count). The predicted octanol–water partition coefficient (Wildman–Crippen LogP) is 5.16. The molecule has 0 bridgehead atoms. The van der Waals surface area contributed by atoms with Crippen molar-refractivity contribution in [2.75, 3.05) is 0 Å². The molecule has 0 unspecified atom stereocenters. The molecule has 0 spiro atoms. The molecular formula is C18H28O2. The molecule has 0 aliphatic heterocycles. The molecule has 1 N–H and O–H groups in total. The number of carbonyl (C=O) groups is 1. The summed E-state index contributed by atoms with van der Waals surface area (Å²) < 4.78 is 0. The Labute approximate surface area is 123 Å². The molecule has 20 heavy (non-hydrogen) atoms. The lowest BCUT2D eigenvalue weighted by atomic mass is 9.90. The second kappa shape index (κ2) is 8.78. The van der Waals surface area contributed by atoms with E-state index in [0.717, 1.165) is 24.8 Å². The quantitative estimate of drug-likeness (QED) is 0.633. The average Bonchev–Trinajstić information content (AvgIpc) is 2.41. The first-order chi connectivity index (χ1) is 9.61. The summed E-state index contributed by atoms with van der Waals surface area (Å²) in [6.07, 6.45) is 9.14. The summed E-state index contributed by atoms with van der Waals surface area (Å²) in [7, 11) is 0. The number of unbranched alkanes of at least 4 members (excludes halogenated alkanes) is 4. The summed E-state index contributed by atoms with van der Waals surface area (Å²) in [6.45, 7) is 6.44. The third kappa shape index (κ3) is 4.66. The normalized spacial score (nSPS) is 10.8. The molecule has 2 nitrogen and oxygen atoms in total. The van der Waals surface area contributed by atoms with Crippen LogP contribution in [0.15, 0.2) is 12.1 Å². The highest BCUT2D eigenvalue weighted by Crippen LogP contribution is 2.23. The van der Waals surface area contributed by atoms with Gasteiger partial charge in [0, 0.05) is 0 Å². The minimum atomic E-state index is -0.791. The molecule has 0 amide bonds. The summed E-state index contributed by atoms with van der Waals surface area (Å²) >= 11 is 0. The van der Waals surface area contributed by atoms with Crippen molar-refractivity contribution in [1.29, 1.82) is 0 Å². The maximum absolute atomic E-state index is 11.4. The molecule has 0 heterocycles. The lowest BCUT2D eigenvalue weighted by Gasteiger charge is -2.15. The molecular weight excluding hydrogens is 248 g/mol. The molecule has 112 valence electrons. The Balaban J connectivity index is 2.86. The zero-order valence-corrected chi connectivity index (χ0v) is 13.2. The van der Waals surface area contributed by atoms with Crippen LogP contribution in [0.3, 0.4) is 0 Å². The Morgan fingerprint density at radius 3 is 2.25 bits per heavy atom. The van der Waals surface area contributed by atoms with E-state index in [-0.39, 0.29) is 0 Å². The van der Waals surface area contributed by atoms with Crippen molar-refractivity contribution in [3.8, 4) is 0 Å². The number of carboxylic acids is 1. The Bertz CT molecular complexity index is 435. The summed E-state index contributed by atoms with van der Waals surface area (Å²) in [5.41, 5.74) is 4.09. The van der Waals surface area contributed by atoms with Crippen LogP contribution < -0.4 is 0 Å². The highest BCUT2D eigenvalue weighted by Gasteiger charge is 2.15. The van der Waals surface area contributed by atoms with Crippen LogP contribution in [0.2, 0.25) is 0 Å². The van der Waals surface area contributed by atoms with E-state index in [0.29, 0.717) is 5.56 Å². The van der Waals surface area contributed by atoms with Gasteiger partial charge in [-0.1, -0.05) is 52.0 Å². The molecule has 0 saturated heterocycles. The largest absolute Gasteiger partial charge is 0.478 e. The Kier molecular flexibility index (Phi) is 7.35. The molecule has 0 fully saturated rings. The second-order valence-corrected chi connectivity index (χ2v) is 5.61. The highest BCUT2D eigenvalue weighted by molar-refractivity contribution is 5.90. The SMILES string of the molecule is CCCCCCCc1c(C)ccc(C(=O)O)c1CCC. The van der Waals surface area contributed by atoms with Crippen molar-refractivity contribution in [3.05, 3.63) is 34.4 Å². The van der Waals surface area contributed by atoms with Crippen LogP contribution in [0.5, 0.6) is 0 Å². The first-order valence-electron chi connectivity index (χ1n) is 7.96. The lowest BCUT2D eigenvalue weighted by Crippen LogP contribution is -2.08. The van der Waals surface area contributed by atoms with Crippen molar-refractivity contribution in [1.82, 2.24) is 0 Å². The van der Waals surface area contributed by atoms with Gasteiger partial charge in [-0.05, 0) is 48.9 Å². The monoisotopic (exact) mass is 276 g/mol. The summed E-state index contributed by atoms with van der Waals surface area (Å²) in [5, 5.41) is 9.35. The number of hydrogen-bond donors (Lipinski definition) is 1. The van der Waals surface area contributed by atoms with Gasteiger partial charge in [-0.25, -0.2) is 4.79 Å². The molecule has 2 heteroatoms. The third-order valence-corrected chi connectivity index (χ3v) is 3.93. The zero-order chi connectivity index (χ0) is 15.0. The zero-order valence-electron chi connectivity index (χ0n) is 13.2. The van der Waals surface area contributed by atoms with Crippen molar-refractivity contribution in [3.63, 3.8) is 0 Å². The highest BCUT2D eigenvalue weighted by atomic mass is 16.4. The Morgan fingerprint density at radius 1 is 0.950 bits per heavy atom. The molecule has 1 aromatic rings. The minimum absolute atomic E-state index is 0.501. The molecule has 1 aromatic carbocycles. The maximum atomic E-state index is 11.4. The van der Waals surface area contributed by atoms with E-state index < -0.39 is 5.97 Å². The van der Waals surface area contributed by atoms with Gasteiger partial charge in [-0.15, -0.1) is 0 Å². The van der Waals surface area contributed by atoms with Crippen LogP contribution in [0.1, 0.15) is 79.4 Å². The Hall–Kier alpha value is -1.31. The summed E-state index contributed by atoms with van der Waals surface area (Å²) in [4.78, 5) is 11.4. The van der Waals surface area contributed by atoms with Crippen molar-refractivity contribution in [2.24, 2.45) is 0 Å². The van der Waals surface area contributed by atoms with Crippen LogP contribution in [-0.2, 0) is 12.8 Å². The summed E-state index contributed by atoms with van der Waals surface area (Å²) in [5.74, 6) is -0.791. The van der Waals surface area contributed by atoms with E-state index in [9.17, 15) is 9.90 Å². The molecule has 0 aliphatic rings. The van der Waals surface area contributed by atoms with E-state index in [4.69, 9.17) is 0 Å². The van der Waals surface area contributed by atoms with E-state index >= 15 is 0 Å². The van der Waals surface area contributed by atoms with E-state index in [1.165, 1.54) is 43.2 Å². The average molecular weight is 276 g/mol. The topological polar surface area (TPSA) is 37.3 Å². The van der Waals surface area contributed by atoms with Crippen molar-refractivity contribution in [2.45, 2.75) is 72.1 Å². The lowest BCUT2D eigenvalue weighted by molar-refractivity contribution is 0.0695.